The Morgan fingerprint density at radius 2 is 1.16 bits per heavy atom. The van der Waals surface area contributed by atoms with Crippen molar-refractivity contribution in [1.29, 1.82) is 0 Å². The molecule has 0 radical (unpaired) electrons. The van der Waals surface area contributed by atoms with Gasteiger partial charge >= 0.3 is 6.85 Å². The van der Waals surface area contributed by atoms with Crippen LogP contribution in [0.2, 0.25) is 0 Å². The highest BCUT2D eigenvalue weighted by Crippen LogP contribution is 2.54. The molecule has 0 saturated carbocycles. The number of aryl methyl sites for hydroxylation is 2. The molecule has 2 nitrogen and oxygen atoms in total. The molecule has 0 fully saturated rings. The quantitative estimate of drug-likeness (QED) is 0.186. The summed E-state index contributed by atoms with van der Waals surface area (Å²) >= 11 is 3.79. The van der Waals surface area contributed by atoms with Gasteiger partial charge in [-0.2, -0.15) is 0 Å². The van der Waals surface area contributed by atoms with Crippen molar-refractivity contribution in [3.05, 3.63) is 139 Å². The highest BCUT2D eigenvalue weighted by atomic mass is 32.2. The molecule has 0 spiro atoms. The minimum absolute atomic E-state index is 0.0435. The van der Waals surface area contributed by atoms with Gasteiger partial charge in [0, 0.05) is 53.6 Å². The minimum Gasteiger partial charge on any atom is -0.376 e. The molecule has 0 bridgehead atoms. The summed E-state index contributed by atoms with van der Waals surface area (Å²) in [5, 5.41) is 0. The Labute approximate surface area is 261 Å². The van der Waals surface area contributed by atoms with Gasteiger partial charge in [0.15, 0.2) is 0 Å². The summed E-state index contributed by atoms with van der Waals surface area (Å²) in [6.45, 7) is 4.52. The second-order valence-corrected chi connectivity index (χ2v) is 13.7. The number of anilines is 5. The predicted octanol–water partition coefficient (Wildman–Crippen LogP) is 9.63. The smallest absolute Gasteiger partial charge is 0.333 e. The number of para-hydroxylation sites is 3. The fourth-order valence-corrected chi connectivity index (χ4v) is 9.30. The standard InChI is InChI=1S/C38H27BN2S2/c1-24-20-28-27-22-36-37(43-35-19-11-10-18-34(35)42-36)23-32(27)41(30-16-8-6-12-25(30)2)39-29-15-7-9-17-31(29)40(33(21-24)38(28)39)26-13-4-3-5-14-26/h3-23H,1-2H3. The lowest BCUT2D eigenvalue weighted by Crippen LogP contribution is -2.61. The van der Waals surface area contributed by atoms with Gasteiger partial charge < -0.3 is 9.71 Å². The molecule has 6 aromatic carbocycles. The normalized spacial score (nSPS) is 14.0. The first-order valence-corrected chi connectivity index (χ1v) is 16.4. The van der Waals surface area contributed by atoms with E-state index in [4.69, 9.17) is 0 Å². The van der Waals surface area contributed by atoms with Gasteiger partial charge in [0.1, 0.15) is 0 Å². The van der Waals surface area contributed by atoms with Gasteiger partial charge in [0.2, 0.25) is 0 Å². The monoisotopic (exact) mass is 586 g/mol. The second kappa shape index (κ2) is 9.60. The SMILES string of the molecule is Cc1cc2c3c(c1)N(c1ccccc1)c1ccccc1B3N(c1ccccc1C)c1cc3c(cc1-2)Sc1ccccc1S3. The van der Waals surface area contributed by atoms with Crippen molar-refractivity contribution < 1.29 is 0 Å². The van der Waals surface area contributed by atoms with Crippen LogP contribution in [-0.4, -0.2) is 6.85 Å². The van der Waals surface area contributed by atoms with Gasteiger partial charge in [0.05, 0.1) is 0 Å². The van der Waals surface area contributed by atoms with Crippen molar-refractivity contribution in [2.24, 2.45) is 0 Å². The van der Waals surface area contributed by atoms with Crippen LogP contribution in [0.25, 0.3) is 11.1 Å². The highest BCUT2D eigenvalue weighted by Gasteiger charge is 2.45. The molecule has 9 rings (SSSR count). The van der Waals surface area contributed by atoms with Gasteiger partial charge in [0.25, 0.3) is 0 Å². The average molecular weight is 587 g/mol. The minimum atomic E-state index is 0.0435. The zero-order valence-electron chi connectivity index (χ0n) is 23.9. The van der Waals surface area contributed by atoms with Crippen molar-refractivity contribution in [3.63, 3.8) is 0 Å². The topological polar surface area (TPSA) is 6.48 Å². The van der Waals surface area contributed by atoms with E-state index in [9.17, 15) is 0 Å². The number of hydrogen-bond acceptors (Lipinski definition) is 4. The third-order valence-electron chi connectivity index (χ3n) is 8.84. The summed E-state index contributed by atoms with van der Waals surface area (Å²) in [4.78, 5) is 10.4. The molecule has 6 aromatic rings. The third kappa shape index (κ3) is 3.78. The van der Waals surface area contributed by atoms with Crippen LogP contribution in [-0.2, 0) is 0 Å². The summed E-state index contributed by atoms with van der Waals surface area (Å²) in [6, 6.07) is 47.2. The summed E-state index contributed by atoms with van der Waals surface area (Å²) < 4.78 is 0. The Balaban J connectivity index is 1.38. The lowest BCUT2D eigenvalue weighted by molar-refractivity contribution is 1.15. The number of hydrogen-bond donors (Lipinski definition) is 0. The first-order valence-electron chi connectivity index (χ1n) is 14.7. The lowest BCUT2D eigenvalue weighted by atomic mass is 9.43. The molecule has 204 valence electrons. The number of benzene rings is 6. The number of rotatable bonds is 2. The van der Waals surface area contributed by atoms with E-state index in [-0.39, 0.29) is 6.85 Å². The van der Waals surface area contributed by atoms with Crippen molar-refractivity contribution in [1.82, 2.24) is 0 Å². The molecule has 0 aromatic heterocycles. The third-order valence-corrected chi connectivity index (χ3v) is 11.4. The van der Waals surface area contributed by atoms with Crippen LogP contribution in [0.3, 0.4) is 0 Å². The van der Waals surface area contributed by atoms with Crippen LogP contribution in [0.15, 0.2) is 147 Å². The summed E-state index contributed by atoms with van der Waals surface area (Å²) in [5.41, 5.74) is 14.1. The van der Waals surface area contributed by atoms with Crippen LogP contribution < -0.4 is 20.6 Å². The van der Waals surface area contributed by atoms with Gasteiger partial charge in [-0.1, -0.05) is 96.3 Å². The summed E-state index contributed by atoms with van der Waals surface area (Å²) in [5.74, 6) is 0. The van der Waals surface area contributed by atoms with Crippen molar-refractivity contribution in [3.8, 4) is 11.1 Å². The molecule has 43 heavy (non-hydrogen) atoms. The Kier molecular flexibility index (Phi) is 5.63. The van der Waals surface area contributed by atoms with E-state index in [0.717, 1.165) is 0 Å². The zero-order valence-corrected chi connectivity index (χ0v) is 25.5. The molecular formula is C38H27BN2S2. The van der Waals surface area contributed by atoms with Crippen molar-refractivity contribution >= 4 is 69.7 Å². The fraction of sp³-hybridized carbons (Fsp3) is 0.0526. The molecule has 3 aliphatic heterocycles. The molecule has 0 amide bonds. The maximum Gasteiger partial charge on any atom is 0.333 e. The first-order chi connectivity index (χ1) is 21.2. The second-order valence-electron chi connectivity index (χ2n) is 11.5. The average Bonchev–Trinajstić information content (AvgIpc) is 3.04. The molecule has 0 unspecified atom stereocenters. The van der Waals surface area contributed by atoms with Gasteiger partial charge in [-0.15, -0.1) is 0 Å². The molecule has 3 aliphatic rings. The fourth-order valence-electron chi connectivity index (χ4n) is 7.03. The van der Waals surface area contributed by atoms with E-state index in [1.165, 1.54) is 81.2 Å². The maximum atomic E-state index is 2.62. The van der Waals surface area contributed by atoms with Crippen LogP contribution in [0, 0.1) is 13.8 Å². The van der Waals surface area contributed by atoms with E-state index >= 15 is 0 Å². The largest absolute Gasteiger partial charge is 0.376 e. The van der Waals surface area contributed by atoms with E-state index < -0.39 is 0 Å². The van der Waals surface area contributed by atoms with Gasteiger partial charge in [-0.25, -0.2) is 0 Å². The van der Waals surface area contributed by atoms with Gasteiger partial charge in [-0.05, 0) is 96.1 Å². The Morgan fingerprint density at radius 1 is 0.512 bits per heavy atom. The van der Waals surface area contributed by atoms with Crippen LogP contribution in [0.1, 0.15) is 11.1 Å². The van der Waals surface area contributed by atoms with E-state index in [1.54, 1.807) is 0 Å². The highest BCUT2D eigenvalue weighted by molar-refractivity contribution is 8.05. The van der Waals surface area contributed by atoms with Crippen molar-refractivity contribution in [2.75, 3.05) is 9.71 Å². The zero-order chi connectivity index (χ0) is 28.7. The Morgan fingerprint density at radius 3 is 1.93 bits per heavy atom. The lowest BCUT2D eigenvalue weighted by Gasteiger charge is -2.46. The van der Waals surface area contributed by atoms with Crippen molar-refractivity contribution in [2.45, 2.75) is 33.4 Å². The molecule has 0 atom stereocenters. The van der Waals surface area contributed by atoms with Crippen LogP contribution in [0.4, 0.5) is 28.4 Å². The van der Waals surface area contributed by atoms with E-state index in [0.29, 0.717) is 0 Å². The predicted molar refractivity (Wildman–Crippen MR) is 184 cm³/mol. The van der Waals surface area contributed by atoms with Crippen LogP contribution in [0.5, 0.6) is 0 Å². The first kappa shape index (κ1) is 25.2. The summed E-state index contributed by atoms with van der Waals surface area (Å²) in [7, 11) is 0. The molecule has 0 aliphatic carbocycles. The Bertz CT molecular complexity index is 2090. The van der Waals surface area contributed by atoms with Gasteiger partial charge in [-0.3, -0.25) is 0 Å². The maximum absolute atomic E-state index is 2.62. The molecule has 0 N–H and O–H groups in total. The van der Waals surface area contributed by atoms with E-state index in [2.05, 4.69) is 151 Å². The number of nitrogens with zero attached hydrogens (tertiary/aromatic N) is 2. The summed E-state index contributed by atoms with van der Waals surface area (Å²) in [6.07, 6.45) is 0. The van der Waals surface area contributed by atoms with E-state index in [1.807, 2.05) is 23.5 Å². The molecule has 3 heterocycles. The van der Waals surface area contributed by atoms with Crippen LogP contribution >= 0.6 is 23.5 Å². The Hall–Kier alpha value is -4.32. The molecule has 5 heteroatoms. The molecule has 0 saturated heterocycles. The molecular weight excluding hydrogens is 559 g/mol. The number of fused-ring (bicyclic) bond motifs is 6.